The van der Waals surface area contributed by atoms with Crippen molar-refractivity contribution < 1.29 is 28.6 Å². The number of morpholine rings is 1. The lowest BCUT2D eigenvalue weighted by Gasteiger charge is -2.30. The predicted molar refractivity (Wildman–Crippen MR) is 128 cm³/mol. The van der Waals surface area contributed by atoms with Gasteiger partial charge in [-0.2, -0.15) is 4.99 Å². The van der Waals surface area contributed by atoms with E-state index >= 15 is 0 Å². The van der Waals surface area contributed by atoms with E-state index in [0.29, 0.717) is 38.8 Å². The molecule has 1 saturated heterocycles. The minimum absolute atomic E-state index is 0.0801. The minimum Gasteiger partial charge on any atom is -0.592 e. The number of ether oxygens (including phenoxy) is 3. The van der Waals surface area contributed by atoms with Gasteiger partial charge in [0.05, 0.1) is 37.2 Å². The summed E-state index contributed by atoms with van der Waals surface area (Å²) in [5.41, 5.74) is 1.09. The molecule has 1 N–H and O–H groups in total. The fourth-order valence-corrected chi connectivity index (χ4v) is 4.35. The molecule has 35 heavy (non-hydrogen) atoms. The molecule has 1 aliphatic heterocycles. The number of nitrogens with zero attached hydrogens (tertiary/aromatic N) is 4. The van der Waals surface area contributed by atoms with Crippen LogP contribution in [-0.4, -0.2) is 62.5 Å². The molecule has 2 heterocycles. The van der Waals surface area contributed by atoms with E-state index in [1.54, 1.807) is 6.20 Å². The molecule has 2 aromatic rings. The first-order valence-electron chi connectivity index (χ1n) is 12.5. The van der Waals surface area contributed by atoms with E-state index in [1.165, 1.54) is 36.0 Å². The van der Waals surface area contributed by atoms with Gasteiger partial charge in [0.15, 0.2) is 6.08 Å². The Kier molecular flexibility index (Phi) is 8.46. The normalized spacial score (nSPS) is 18.6. The third kappa shape index (κ3) is 7.57. The Morgan fingerprint density at radius 3 is 2.74 bits per heavy atom. The number of para-hydroxylation sites is 1. The van der Waals surface area contributed by atoms with E-state index in [4.69, 9.17) is 18.7 Å². The zero-order valence-corrected chi connectivity index (χ0v) is 20.9. The average molecular weight is 488 g/mol. The standard InChI is InChI=1S/C25H37N5O5/c1-25(2,3)26-16-20(18-33-22-11-7-6-10-21(22)19-8-4-5-9-19)34-24(31)27-23-17-30(28-35-23)29-12-14-32-15-13-29/h6-7,10-11,17,19-20,26H,4-5,8-9,12-16,18H2,1-3H3/t20-/m0/s1. The van der Waals surface area contributed by atoms with Gasteiger partial charge in [-0.05, 0) is 51.2 Å². The number of aromatic nitrogens is 2. The highest BCUT2D eigenvalue weighted by Crippen LogP contribution is 2.38. The molecule has 192 valence electrons. The maximum atomic E-state index is 12.6. The average Bonchev–Trinajstić information content (AvgIpc) is 3.54. The van der Waals surface area contributed by atoms with Gasteiger partial charge in [-0.25, -0.2) is 0 Å². The van der Waals surface area contributed by atoms with E-state index in [2.05, 4.69) is 48.5 Å². The van der Waals surface area contributed by atoms with Crippen molar-refractivity contribution in [3.63, 3.8) is 0 Å². The van der Waals surface area contributed by atoms with Crippen LogP contribution in [0.1, 0.15) is 57.9 Å². The maximum absolute atomic E-state index is 12.6. The number of hydrogen-bond acceptors (Lipinski definition) is 9. The van der Waals surface area contributed by atoms with Crippen LogP contribution in [0.2, 0.25) is 0 Å². The molecule has 0 bridgehead atoms. The summed E-state index contributed by atoms with van der Waals surface area (Å²) < 4.78 is 22.4. The Hall–Kier alpha value is -2.85. The highest BCUT2D eigenvalue weighted by atomic mass is 16.6. The van der Waals surface area contributed by atoms with Crippen LogP contribution in [0.3, 0.4) is 0 Å². The van der Waals surface area contributed by atoms with E-state index in [1.807, 2.05) is 17.1 Å². The van der Waals surface area contributed by atoms with Crippen LogP contribution in [0.5, 0.6) is 5.75 Å². The van der Waals surface area contributed by atoms with Crippen molar-refractivity contribution >= 4 is 12.0 Å². The van der Waals surface area contributed by atoms with E-state index in [0.717, 1.165) is 5.75 Å². The van der Waals surface area contributed by atoms with Gasteiger partial charge in [-0.15, -0.1) is 5.01 Å². The molecule has 1 aliphatic carbocycles. The maximum Gasteiger partial charge on any atom is 0.326 e. The van der Waals surface area contributed by atoms with Crippen LogP contribution in [0.25, 0.3) is 0 Å². The largest absolute Gasteiger partial charge is 0.592 e. The van der Waals surface area contributed by atoms with E-state index < -0.39 is 12.2 Å². The fourth-order valence-electron chi connectivity index (χ4n) is 4.35. The Morgan fingerprint density at radius 1 is 1.26 bits per heavy atom. The van der Waals surface area contributed by atoms with Gasteiger partial charge < -0.3 is 24.6 Å². The van der Waals surface area contributed by atoms with Gasteiger partial charge in [-0.1, -0.05) is 31.0 Å². The Balaban J connectivity index is 1.40. The molecular formula is C25H37N5O5. The topological polar surface area (TPSA) is 108 Å². The highest BCUT2D eigenvalue weighted by Gasteiger charge is 2.23. The van der Waals surface area contributed by atoms with E-state index in [-0.39, 0.29) is 18.0 Å². The second-order valence-corrected chi connectivity index (χ2v) is 10.1. The van der Waals surface area contributed by atoms with Crippen LogP contribution < -0.4 is 25.0 Å². The quantitative estimate of drug-likeness (QED) is 0.324. The molecule has 10 heteroatoms. The van der Waals surface area contributed by atoms with Crippen LogP contribution >= 0.6 is 0 Å². The molecule has 1 aromatic carbocycles. The SMILES string of the molecule is CC(C)(C)NC[C@@H](COc1ccccc1C1CCCC1)O/C([O-])=N/c1c[n+](N2CCOCC2)no1. The van der Waals surface area contributed by atoms with Gasteiger partial charge >= 0.3 is 5.88 Å². The Labute approximate surface area is 206 Å². The van der Waals surface area contributed by atoms with Crippen molar-refractivity contribution in [1.82, 2.24) is 10.6 Å². The Bertz CT molecular complexity index is 961. The third-order valence-electron chi connectivity index (χ3n) is 6.19. The number of rotatable bonds is 9. The summed E-state index contributed by atoms with van der Waals surface area (Å²) in [4.78, 5) is 5.48. The van der Waals surface area contributed by atoms with Crippen molar-refractivity contribution in [2.24, 2.45) is 4.99 Å². The molecular weight excluding hydrogens is 450 g/mol. The third-order valence-corrected chi connectivity index (χ3v) is 6.19. The van der Waals surface area contributed by atoms with Gasteiger partial charge in [0.25, 0.3) is 6.20 Å². The van der Waals surface area contributed by atoms with Crippen LogP contribution in [0.4, 0.5) is 5.88 Å². The summed E-state index contributed by atoms with van der Waals surface area (Å²) in [7, 11) is 0. The van der Waals surface area contributed by atoms with Crippen molar-refractivity contribution in [2.75, 3.05) is 44.5 Å². The van der Waals surface area contributed by atoms with E-state index in [9.17, 15) is 5.11 Å². The van der Waals surface area contributed by atoms with Gasteiger partial charge in [0.2, 0.25) is 5.27 Å². The van der Waals surface area contributed by atoms with Gasteiger partial charge in [-0.3, -0.25) is 4.52 Å². The first kappa shape index (κ1) is 25.2. The van der Waals surface area contributed by atoms with Crippen molar-refractivity contribution in [3.05, 3.63) is 36.0 Å². The first-order valence-corrected chi connectivity index (χ1v) is 12.5. The van der Waals surface area contributed by atoms with Crippen LogP contribution in [0, 0.1) is 0 Å². The number of benzene rings is 1. The predicted octanol–water partition coefficient (Wildman–Crippen LogP) is 1.79. The second-order valence-electron chi connectivity index (χ2n) is 10.1. The summed E-state index contributed by atoms with van der Waals surface area (Å²) in [6, 6.07) is 8.17. The fraction of sp³-hybridized carbons (Fsp3) is 0.640. The molecule has 0 amide bonds. The van der Waals surface area contributed by atoms with Crippen LogP contribution in [-0.2, 0) is 9.47 Å². The summed E-state index contributed by atoms with van der Waals surface area (Å²) in [5, 5.41) is 21.9. The zero-order chi connectivity index (χ0) is 24.7. The smallest absolute Gasteiger partial charge is 0.326 e. The summed E-state index contributed by atoms with van der Waals surface area (Å²) >= 11 is 0. The second kappa shape index (κ2) is 11.7. The highest BCUT2D eigenvalue weighted by molar-refractivity contribution is 5.65. The lowest BCUT2D eigenvalue weighted by Crippen LogP contribution is -2.62. The lowest BCUT2D eigenvalue weighted by atomic mass is 9.97. The molecule has 0 radical (unpaired) electrons. The number of nitrogens with one attached hydrogen (secondary N) is 1. The summed E-state index contributed by atoms with van der Waals surface area (Å²) in [5.74, 6) is 1.46. The molecule has 2 fully saturated rings. The van der Waals surface area contributed by atoms with Crippen molar-refractivity contribution in [2.45, 2.75) is 64.0 Å². The molecule has 1 aromatic heterocycles. The molecule has 2 aliphatic rings. The monoisotopic (exact) mass is 487 g/mol. The van der Waals surface area contributed by atoms with Gasteiger partial charge in [0.1, 0.15) is 12.4 Å². The van der Waals surface area contributed by atoms with Crippen LogP contribution in [0.15, 0.2) is 40.0 Å². The zero-order valence-electron chi connectivity index (χ0n) is 20.9. The lowest BCUT2D eigenvalue weighted by molar-refractivity contribution is -0.759. The molecule has 10 nitrogen and oxygen atoms in total. The first-order chi connectivity index (χ1) is 16.9. The Morgan fingerprint density at radius 2 is 2.00 bits per heavy atom. The summed E-state index contributed by atoms with van der Waals surface area (Å²) in [6.07, 6.45) is 5.16. The minimum atomic E-state index is -0.747. The molecule has 1 saturated carbocycles. The van der Waals surface area contributed by atoms with Crippen molar-refractivity contribution in [1.29, 1.82) is 0 Å². The van der Waals surface area contributed by atoms with Crippen molar-refractivity contribution in [3.8, 4) is 5.75 Å². The molecule has 4 rings (SSSR count). The molecule has 1 atom stereocenters. The summed E-state index contributed by atoms with van der Waals surface area (Å²) in [6.45, 7) is 9.42. The number of hydrogen-bond donors (Lipinski definition) is 1. The number of aliphatic imine (C=N–C) groups is 1. The molecule has 0 spiro atoms. The molecule has 0 unspecified atom stereocenters. The van der Waals surface area contributed by atoms with Gasteiger partial charge in [0, 0.05) is 12.1 Å².